The number of rotatable bonds is 2. The fourth-order valence-corrected chi connectivity index (χ4v) is 0.596. The Labute approximate surface area is 71.4 Å². The molecule has 0 unspecified atom stereocenters. The summed E-state index contributed by atoms with van der Waals surface area (Å²) in [7, 11) is 4.55. The van der Waals surface area contributed by atoms with E-state index in [9.17, 15) is 0 Å². The molecule has 0 atom stereocenters. The van der Waals surface area contributed by atoms with Crippen molar-refractivity contribution in [2.75, 3.05) is 14.1 Å². The predicted octanol–water partition coefficient (Wildman–Crippen LogP) is -1.12. The number of halogens is 1. The minimum absolute atomic E-state index is 0. The van der Waals surface area contributed by atoms with E-state index in [0.717, 1.165) is 16.6 Å². The average Bonchev–Trinajstić information content (AvgIpc) is 1.65. The van der Waals surface area contributed by atoms with Crippen LogP contribution >= 0.6 is 0 Å². The van der Waals surface area contributed by atoms with Crippen LogP contribution < -0.4 is 12.4 Å². The summed E-state index contributed by atoms with van der Waals surface area (Å²) >= 11 is 0. The van der Waals surface area contributed by atoms with E-state index in [0.29, 0.717) is 0 Å². The second-order valence-corrected chi connectivity index (χ2v) is 3.82. The van der Waals surface area contributed by atoms with Crippen LogP contribution in [0.3, 0.4) is 0 Å². The lowest BCUT2D eigenvalue weighted by atomic mass is 10.2. The largest absolute Gasteiger partial charge is 1.00 e. The van der Waals surface area contributed by atoms with Crippen molar-refractivity contribution in [2.45, 2.75) is 39.8 Å². The van der Waals surface area contributed by atoms with Gasteiger partial charge in [0.2, 0.25) is 0 Å². The number of quaternary nitrogens is 1. The zero-order valence-corrected chi connectivity index (χ0v) is 8.74. The lowest BCUT2D eigenvalue weighted by Crippen LogP contribution is -3.00. The quantitative estimate of drug-likeness (QED) is 0.455. The smallest absolute Gasteiger partial charge is 0.0831 e. The first-order valence-electron chi connectivity index (χ1n) is 3.72. The van der Waals surface area contributed by atoms with Crippen molar-refractivity contribution >= 4 is 0 Å². The van der Waals surface area contributed by atoms with Crippen molar-refractivity contribution in [1.82, 2.24) is 0 Å². The summed E-state index contributed by atoms with van der Waals surface area (Å²) in [5, 5.41) is 0. The molecule has 0 fully saturated rings. The molecule has 0 saturated carbocycles. The molecule has 2 heteroatoms. The molecule has 0 saturated heterocycles. The Morgan fingerprint density at radius 2 is 1.00 bits per heavy atom. The number of hydrogen-bond donors (Lipinski definition) is 0. The van der Waals surface area contributed by atoms with Gasteiger partial charge in [-0.1, -0.05) is 0 Å². The van der Waals surface area contributed by atoms with Crippen LogP contribution in [0.4, 0.5) is 0 Å². The van der Waals surface area contributed by atoms with E-state index in [1.54, 1.807) is 0 Å². The van der Waals surface area contributed by atoms with Gasteiger partial charge in [-0.2, -0.15) is 0 Å². The summed E-state index contributed by atoms with van der Waals surface area (Å²) in [6, 6.07) is 1.45. The minimum atomic E-state index is 0. The predicted molar refractivity (Wildman–Crippen MR) is 42.4 cm³/mol. The maximum Gasteiger partial charge on any atom is 0.0831 e. The second-order valence-electron chi connectivity index (χ2n) is 3.82. The lowest BCUT2D eigenvalue weighted by molar-refractivity contribution is -0.931. The van der Waals surface area contributed by atoms with Gasteiger partial charge in [0.15, 0.2) is 0 Å². The highest BCUT2D eigenvalue weighted by Crippen LogP contribution is 2.10. The zero-order chi connectivity index (χ0) is 7.65. The summed E-state index contributed by atoms with van der Waals surface area (Å²) in [6.45, 7) is 9.06. The van der Waals surface area contributed by atoms with Crippen LogP contribution in [0.15, 0.2) is 0 Å². The molecule has 0 radical (unpaired) electrons. The van der Waals surface area contributed by atoms with Crippen molar-refractivity contribution in [3.05, 3.63) is 0 Å². The van der Waals surface area contributed by atoms with Crippen molar-refractivity contribution in [3.63, 3.8) is 0 Å². The molecule has 0 amide bonds. The van der Waals surface area contributed by atoms with Crippen LogP contribution in [0.25, 0.3) is 0 Å². The van der Waals surface area contributed by atoms with Crippen molar-refractivity contribution in [1.29, 1.82) is 0 Å². The average molecular weight is 166 g/mol. The molecule has 0 aromatic carbocycles. The van der Waals surface area contributed by atoms with Crippen LogP contribution in [0.2, 0.25) is 0 Å². The van der Waals surface area contributed by atoms with Gasteiger partial charge in [-0.05, 0) is 27.7 Å². The molecule has 10 heavy (non-hydrogen) atoms. The van der Waals surface area contributed by atoms with Crippen molar-refractivity contribution in [2.24, 2.45) is 0 Å². The molecule has 0 bridgehead atoms. The molecule has 0 N–H and O–H groups in total. The Kier molecular flexibility index (Phi) is 5.41. The molecule has 0 aliphatic rings. The minimum Gasteiger partial charge on any atom is -1.00 e. The molecule has 0 aromatic rings. The first-order valence-corrected chi connectivity index (χ1v) is 3.72. The lowest BCUT2D eigenvalue weighted by Gasteiger charge is -2.38. The van der Waals surface area contributed by atoms with Gasteiger partial charge in [-0.3, -0.25) is 0 Å². The van der Waals surface area contributed by atoms with E-state index in [1.165, 1.54) is 0 Å². The summed E-state index contributed by atoms with van der Waals surface area (Å²) in [4.78, 5) is 0. The molecule has 64 valence electrons. The fraction of sp³-hybridized carbons (Fsp3) is 1.00. The van der Waals surface area contributed by atoms with Gasteiger partial charge in [0.25, 0.3) is 0 Å². The molecule has 0 aliphatic carbocycles. The Bertz CT molecular complexity index is 77.3. The van der Waals surface area contributed by atoms with E-state index in [2.05, 4.69) is 41.8 Å². The molecule has 0 rings (SSSR count). The maximum absolute atomic E-state index is 2.27. The monoisotopic (exact) mass is 165 g/mol. The van der Waals surface area contributed by atoms with E-state index in [4.69, 9.17) is 0 Å². The van der Waals surface area contributed by atoms with Crippen LogP contribution in [-0.4, -0.2) is 30.7 Å². The summed E-state index contributed by atoms with van der Waals surface area (Å²) < 4.78 is 1.11. The molecule has 0 heterocycles. The maximum atomic E-state index is 2.27. The highest BCUT2D eigenvalue weighted by Gasteiger charge is 2.22. The van der Waals surface area contributed by atoms with Crippen LogP contribution in [0, 0.1) is 0 Å². The van der Waals surface area contributed by atoms with Gasteiger partial charge in [0, 0.05) is 0 Å². The highest BCUT2D eigenvalue weighted by molar-refractivity contribution is 4.44. The van der Waals surface area contributed by atoms with Crippen LogP contribution in [0.1, 0.15) is 27.7 Å². The normalized spacial score (nSPS) is 12.0. The SMILES string of the molecule is CC(C)[N+](C)(C)C(C)C.[Cl-]. The number of nitrogens with zero attached hydrogens (tertiary/aromatic N) is 1. The third-order valence-corrected chi connectivity index (χ3v) is 2.66. The molecule has 1 nitrogen and oxygen atoms in total. The molecule has 0 aliphatic heterocycles. The van der Waals surface area contributed by atoms with Gasteiger partial charge >= 0.3 is 0 Å². The van der Waals surface area contributed by atoms with E-state index >= 15 is 0 Å². The van der Waals surface area contributed by atoms with Gasteiger partial charge in [-0.15, -0.1) is 0 Å². The number of hydrogen-bond acceptors (Lipinski definition) is 0. The van der Waals surface area contributed by atoms with E-state index in [1.807, 2.05) is 0 Å². The van der Waals surface area contributed by atoms with Crippen LogP contribution in [0.5, 0.6) is 0 Å². The Hall–Kier alpha value is 0.250. The molecule has 0 aromatic heterocycles. The van der Waals surface area contributed by atoms with Crippen molar-refractivity contribution < 1.29 is 16.9 Å². The third-order valence-electron chi connectivity index (χ3n) is 2.66. The molecule has 0 spiro atoms. The highest BCUT2D eigenvalue weighted by atomic mass is 35.5. The third kappa shape index (κ3) is 2.89. The van der Waals surface area contributed by atoms with Gasteiger partial charge < -0.3 is 16.9 Å². The topological polar surface area (TPSA) is 0 Å². The summed E-state index contributed by atoms with van der Waals surface area (Å²) in [5.41, 5.74) is 0. The Morgan fingerprint density at radius 3 is 1.00 bits per heavy atom. The second kappa shape index (κ2) is 4.20. The standard InChI is InChI=1S/C8H20N.ClH/c1-7(2)9(5,6)8(3)4;/h7-8H,1-6H3;1H/q+1;/p-1. The first kappa shape index (κ1) is 12.9. The summed E-state index contributed by atoms with van der Waals surface area (Å²) in [5.74, 6) is 0. The van der Waals surface area contributed by atoms with Crippen LogP contribution in [-0.2, 0) is 0 Å². The van der Waals surface area contributed by atoms with E-state index < -0.39 is 0 Å². The first-order chi connectivity index (χ1) is 3.89. The fourth-order valence-electron chi connectivity index (χ4n) is 0.596. The van der Waals surface area contributed by atoms with Gasteiger partial charge in [-0.25, -0.2) is 0 Å². The van der Waals surface area contributed by atoms with Gasteiger partial charge in [0.05, 0.1) is 26.2 Å². The van der Waals surface area contributed by atoms with Gasteiger partial charge in [0.1, 0.15) is 0 Å². The van der Waals surface area contributed by atoms with E-state index in [-0.39, 0.29) is 12.4 Å². The Balaban J connectivity index is 0. The van der Waals surface area contributed by atoms with Crippen molar-refractivity contribution in [3.8, 4) is 0 Å². The zero-order valence-electron chi connectivity index (χ0n) is 7.98. The summed E-state index contributed by atoms with van der Waals surface area (Å²) in [6.07, 6.45) is 0. The Morgan fingerprint density at radius 1 is 0.800 bits per heavy atom. The molecular formula is C8H20ClN. The molecular weight excluding hydrogens is 146 g/mol.